The molecule has 0 unspecified atom stereocenters. The lowest BCUT2D eigenvalue weighted by Crippen LogP contribution is -2.03. The Labute approximate surface area is 71.9 Å². The standard InChI is InChI=1S/C7H7F3OS/c1-4-3-5(12-2)6(11-4)7(8,9)10/h3H,1-2H3. The summed E-state index contributed by atoms with van der Waals surface area (Å²) in [5.41, 5.74) is 0. The van der Waals surface area contributed by atoms with E-state index >= 15 is 0 Å². The maximum Gasteiger partial charge on any atom is 0.450 e. The highest BCUT2D eigenvalue weighted by Crippen LogP contribution is 2.37. The van der Waals surface area contributed by atoms with E-state index in [0.29, 0.717) is 0 Å². The van der Waals surface area contributed by atoms with Crippen molar-refractivity contribution in [1.29, 1.82) is 0 Å². The van der Waals surface area contributed by atoms with Gasteiger partial charge in [0.15, 0.2) is 0 Å². The van der Waals surface area contributed by atoms with Crippen molar-refractivity contribution in [2.45, 2.75) is 18.0 Å². The number of aryl methyl sites for hydroxylation is 1. The smallest absolute Gasteiger partial charge is 0.450 e. The molecule has 1 aromatic heterocycles. The summed E-state index contributed by atoms with van der Waals surface area (Å²) in [5, 5.41) is 0. The van der Waals surface area contributed by atoms with Gasteiger partial charge in [0.25, 0.3) is 0 Å². The topological polar surface area (TPSA) is 13.1 Å². The number of hydrogen-bond acceptors (Lipinski definition) is 2. The van der Waals surface area contributed by atoms with Crippen molar-refractivity contribution >= 4 is 11.8 Å². The average Bonchev–Trinajstić information content (AvgIpc) is 2.29. The lowest BCUT2D eigenvalue weighted by molar-refractivity contribution is -0.155. The third-order valence-electron chi connectivity index (χ3n) is 1.30. The van der Waals surface area contributed by atoms with E-state index in [0.717, 1.165) is 11.8 Å². The molecule has 0 radical (unpaired) electrons. The summed E-state index contributed by atoms with van der Waals surface area (Å²) in [7, 11) is 0. The summed E-state index contributed by atoms with van der Waals surface area (Å²) >= 11 is 1.03. The first-order valence-electron chi connectivity index (χ1n) is 3.16. The minimum absolute atomic E-state index is 0.139. The molecule has 1 rings (SSSR count). The van der Waals surface area contributed by atoms with Gasteiger partial charge in [0.05, 0.1) is 4.90 Å². The number of hydrogen-bond donors (Lipinski definition) is 0. The molecule has 1 heterocycles. The Balaban J connectivity index is 3.13. The molecule has 0 N–H and O–H groups in total. The van der Waals surface area contributed by atoms with Gasteiger partial charge in [-0.2, -0.15) is 13.2 Å². The number of alkyl halides is 3. The van der Waals surface area contributed by atoms with E-state index in [1.54, 1.807) is 6.26 Å². The maximum absolute atomic E-state index is 12.1. The SMILES string of the molecule is CSc1cc(C)oc1C(F)(F)F. The first-order chi connectivity index (χ1) is 5.45. The van der Waals surface area contributed by atoms with Crippen molar-refractivity contribution < 1.29 is 17.6 Å². The summed E-state index contributed by atoms with van der Waals surface area (Å²) in [5.74, 6) is -0.612. The Morgan fingerprint density at radius 1 is 1.42 bits per heavy atom. The summed E-state index contributed by atoms with van der Waals surface area (Å²) in [6.45, 7) is 1.50. The summed E-state index contributed by atoms with van der Waals surface area (Å²) in [6.07, 6.45) is -2.80. The van der Waals surface area contributed by atoms with Crippen LogP contribution in [0.4, 0.5) is 13.2 Å². The fraction of sp³-hybridized carbons (Fsp3) is 0.429. The van der Waals surface area contributed by atoms with Gasteiger partial charge in [0.1, 0.15) is 5.76 Å². The van der Waals surface area contributed by atoms with Gasteiger partial charge in [-0.05, 0) is 19.2 Å². The molecule has 68 valence electrons. The van der Waals surface area contributed by atoms with E-state index in [1.807, 2.05) is 0 Å². The van der Waals surface area contributed by atoms with Crippen LogP contribution >= 0.6 is 11.8 Å². The van der Waals surface area contributed by atoms with Crippen molar-refractivity contribution in [3.05, 3.63) is 17.6 Å². The zero-order valence-corrected chi connectivity index (χ0v) is 7.34. The molecule has 0 atom stereocenters. The molecule has 0 spiro atoms. The Bertz CT molecular complexity index is 277. The Morgan fingerprint density at radius 2 is 2.00 bits per heavy atom. The van der Waals surface area contributed by atoms with Crippen LogP contribution in [0.1, 0.15) is 11.5 Å². The van der Waals surface area contributed by atoms with Crippen molar-refractivity contribution in [1.82, 2.24) is 0 Å². The molecule has 0 aromatic carbocycles. The molecule has 1 aromatic rings. The number of rotatable bonds is 1. The van der Waals surface area contributed by atoms with E-state index in [4.69, 9.17) is 0 Å². The number of furan rings is 1. The lowest BCUT2D eigenvalue weighted by Gasteiger charge is -2.03. The zero-order valence-electron chi connectivity index (χ0n) is 6.53. The zero-order chi connectivity index (χ0) is 9.35. The molecule has 12 heavy (non-hydrogen) atoms. The largest absolute Gasteiger partial charge is 0.456 e. The van der Waals surface area contributed by atoms with Gasteiger partial charge in [-0.1, -0.05) is 0 Å². The van der Waals surface area contributed by atoms with Crippen molar-refractivity contribution in [3.63, 3.8) is 0 Å². The molecular weight excluding hydrogens is 189 g/mol. The number of thioether (sulfide) groups is 1. The Hall–Kier alpha value is -0.580. The van der Waals surface area contributed by atoms with Gasteiger partial charge in [0.2, 0.25) is 5.76 Å². The Morgan fingerprint density at radius 3 is 2.33 bits per heavy atom. The summed E-state index contributed by atoms with van der Waals surface area (Å²) in [6, 6.07) is 1.38. The lowest BCUT2D eigenvalue weighted by atomic mass is 10.4. The highest BCUT2D eigenvalue weighted by atomic mass is 32.2. The highest BCUT2D eigenvalue weighted by molar-refractivity contribution is 7.98. The molecule has 0 aliphatic rings. The van der Waals surface area contributed by atoms with Crippen LogP contribution in [0.25, 0.3) is 0 Å². The van der Waals surface area contributed by atoms with Crippen LogP contribution in [0.3, 0.4) is 0 Å². The molecule has 0 fully saturated rings. The maximum atomic E-state index is 12.1. The van der Waals surface area contributed by atoms with Gasteiger partial charge in [0, 0.05) is 0 Å². The second kappa shape index (κ2) is 3.05. The highest BCUT2D eigenvalue weighted by Gasteiger charge is 2.37. The monoisotopic (exact) mass is 196 g/mol. The van der Waals surface area contributed by atoms with Crippen LogP contribution in [0, 0.1) is 6.92 Å². The quantitative estimate of drug-likeness (QED) is 0.639. The van der Waals surface area contributed by atoms with Crippen LogP contribution in [0.2, 0.25) is 0 Å². The normalized spacial score (nSPS) is 12.1. The molecule has 5 heteroatoms. The van der Waals surface area contributed by atoms with Gasteiger partial charge in [-0.15, -0.1) is 11.8 Å². The summed E-state index contributed by atoms with van der Waals surface area (Å²) < 4.78 is 40.9. The van der Waals surface area contributed by atoms with Crippen molar-refractivity contribution in [2.24, 2.45) is 0 Å². The average molecular weight is 196 g/mol. The molecule has 0 bridgehead atoms. The molecular formula is C7H7F3OS. The van der Waals surface area contributed by atoms with E-state index in [2.05, 4.69) is 4.42 Å². The Kier molecular flexibility index (Phi) is 2.41. The second-order valence-electron chi connectivity index (χ2n) is 2.25. The molecule has 0 aliphatic heterocycles. The van der Waals surface area contributed by atoms with E-state index < -0.39 is 11.9 Å². The van der Waals surface area contributed by atoms with E-state index in [1.165, 1.54) is 13.0 Å². The molecule has 0 saturated carbocycles. The molecule has 0 amide bonds. The van der Waals surface area contributed by atoms with Gasteiger partial charge < -0.3 is 4.42 Å². The second-order valence-corrected chi connectivity index (χ2v) is 3.10. The minimum Gasteiger partial charge on any atom is -0.456 e. The van der Waals surface area contributed by atoms with Gasteiger partial charge >= 0.3 is 6.18 Å². The third-order valence-corrected chi connectivity index (χ3v) is 2.04. The van der Waals surface area contributed by atoms with E-state index in [-0.39, 0.29) is 10.7 Å². The van der Waals surface area contributed by atoms with Crippen LogP contribution in [0.5, 0.6) is 0 Å². The molecule has 0 aliphatic carbocycles. The predicted octanol–water partition coefficient (Wildman–Crippen LogP) is 3.33. The fourth-order valence-electron chi connectivity index (χ4n) is 0.840. The number of halogens is 3. The van der Waals surface area contributed by atoms with Crippen molar-refractivity contribution in [2.75, 3.05) is 6.26 Å². The predicted molar refractivity (Wildman–Crippen MR) is 40.2 cm³/mol. The van der Waals surface area contributed by atoms with Crippen LogP contribution < -0.4 is 0 Å². The van der Waals surface area contributed by atoms with Gasteiger partial charge in [-0.3, -0.25) is 0 Å². The first kappa shape index (κ1) is 9.51. The van der Waals surface area contributed by atoms with Crippen LogP contribution in [0.15, 0.2) is 15.4 Å². The van der Waals surface area contributed by atoms with Crippen LogP contribution in [-0.2, 0) is 6.18 Å². The van der Waals surface area contributed by atoms with E-state index in [9.17, 15) is 13.2 Å². The van der Waals surface area contributed by atoms with Crippen molar-refractivity contribution in [3.8, 4) is 0 Å². The molecule has 0 saturated heterocycles. The first-order valence-corrected chi connectivity index (χ1v) is 4.39. The summed E-state index contributed by atoms with van der Waals surface area (Å²) in [4.78, 5) is 0.139. The third kappa shape index (κ3) is 1.77. The fourth-order valence-corrected chi connectivity index (χ4v) is 1.47. The minimum atomic E-state index is -4.38. The van der Waals surface area contributed by atoms with Gasteiger partial charge in [-0.25, -0.2) is 0 Å². The van der Waals surface area contributed by atoms with Crippen LogP contribution in [-0.4, -0.2) is 6.26 Å². The molecule has 1 nitrogen and oxygen atoms in total.